The summed E-state index contributed by atoms with van der Waals surface area (Å²) < 4.78 is 5.08. The average molecular weight is 230 g/mol. The van der Waals surface area contributed by atoms with Crippen LogP contribution < -0.4 is 11.1 Å². The highest BCUT2D eigenvalue weighted by Gasteiger charge is 2.32. The van der Waals surface area contributed by atoms with Gasteiger partial charge in [0.2, 0.25) is 5.91 Å². The average Bonchev–Trinajstić information content (AvgIpc) is 2.61. The molecule has 0 saturated carbocycles. The number of hydrogen-bond donors (Lipinski definition) is 3. The second-order valence-corrected chi connectivity index (χ2v) is 4.98. The minimum atomic E-state index is -0.910. The predicted molar refractivity (Wildman–Crippen MR) is 60.8 cm³/mol. The molecule has 1 heterocycles. The van der Waals surface area contributed by atoms with Gasteiger partial charge in [-0.1, -0.05) is 13.8 Å². The van der Waals surface area contributed by atoms with Crippen LogP contribution in [0, 0.1) is 5.92 Å². The van der Waals surface area contributed by atoms with Crippen molar-refractivity contribution in [3.63, 3.8) is 0 Å². The zero-order chi connectivity index (χ0) is 12.2. The summed E-state index contributed by atoms with van der Waals surface area (Å²) in [5.74, 6) is 0.188. The van der Waals surface area contributed by atoms with Gasteiger partial charge in [-0.15, -0.1) is 0 Å². The Morgan fingerprint density at radius 1 is 1.62 bits per heavy atom. The van der Waals surface area contributed by atoms with Crippen LogP contribution in [0.1, 0.15) is 26.7 Å². The smallest absolute Gasteiger partial charge is 0.237 e. The van der Waals surface area contributed by atoms with Gasteiger partial charge in [0.25, 0.3) is 0 Å². The molecule has 1 rings (SSSR count). The predicted octanol–water partition coefficient (Wildman–Crippen LogP) is -0.373. The number of rotatable bonds is 5. The second-order valence-electron chi connectivity index (χ2n) is 4.98. The molecule has 1 amide bonds. The summed E-state index contributed by atoms with van der Waals surface area (Å²) in [5.41, 5.74) is 4.81. The van der Waals surface area contributed by atoms with Crippen LogP contribution in [-0.4, -0.2) is 42.4 Å². The molecule has 1 fully saturated rings. The van der Waals surface area contributed by atoms with E-state index in [1.165, 1.54) is 0 Å². The normalized spacial score (nSPS) is 27.1. The summed E-state index contributed by atoms with van der Waals surface area (Å²) in [4.78, 5) is 11.6. The van der Waals surface area contributed by atoms with Crippen LogP contribution in [0.5, 0.6) is 0 Å². The summed E-state index contributed by atoms with van der Waals surface area (Å²) in [6.45, 7) is 5.09. The zero-order valence-corrected chi connectivity index (χ0v) is 10.0. The van der Waals surface area contributed by atoms with E-state index in [0.29, 0.717) is 25.4 Å². The Kier molecular flexibility index (Phi) is 4.70. The van der Waals surface area contributed by atoms with Crippen molar-refractivity contribution in [2.75, 3.05) is 19.8 Å². The van der Waals surface area contributed by atoms with Gasteiger partial charge in [-0.25, -0.2) is 0 Å². The van der Waals surface area contributed by atoms with E-state index in [4.69, 9.17) is 10.5 Å². The maximum absolute atomic E-state index is 11.6. The fourth-order valence-electron chi connectivity index (χ4n) is 1.73. The van der Waals surface area contributed by atoms with Crippen molar-refractivity contribution < 1.29 is 14.6 Å². The maximum Gasteiger partial charge on any atom is 0.237 e. The number of carbonyl (C=O) groups is 1. The zero-order valence-electron chi connectivity index (χ0n) is 10.0. The quantitative estimate of drug-likeness (QED) is 0.601. The lowest BCUT2D eigenvalue weighted by atomic mass is 10.0. The Morgan fingerprint density at radius 3 is 2.81 bits per heavy atom. The Labute approximate surface area is 96.3 Å². The molecule has 0 aromatic rings. The first-order valence-corrected chi connectivity index (χ1v) is 5.76. The monoisotopic (exact) mass is 230 g/mol. The lowest BCUT2D eigenvalue weighted by Crippen LogP contribution is -2.48. The summed E-state index contributed by atoms with van der Waals surface area (Å²) in [6.07, 6.45) is 1.22. The molecule has 4 N–H and O–H groups in total. The molecule has 1 aliphatic heterocycles. The van der Waals surface area contributed by atoms with Gasteiger partial charge in [-0.2, -0.15) is 0 Å². The van der Waals surface area contributed by atoms with E-state index >= 15 is 0 Å². The van der Waals surface area contributed by atoms with Gasteiger partial charge in [0.15, 0.2) is 0 Å². The van der Waals surface area contributed by atoms with Crippen molar-refractivity contribution in [3.8, 4) is 0 Å². The molecule has 0 aromatic heterocycles. The molecule has 1 saturated heterocycles. The number of carbonyl (C=O) groups excluding carboxylic acids is 1. The third-order valence-corrected chi connectivity index (χ3v) is 2.74. The van der Waals surface area contributed by atoms with Crippen LogP contribution in [0.15, 0.2) is 0 Å². The van der Waals surface area contributed by atoms with E-state index in [0.717, 1.165) is 0 Å². The first-order valence-electron chi connectivity index (χ1n) is 5.76. The lowest BCUT2D eigenvalue weighted by Gasteiger charge is -2.22. The van der Waals surface area contributed by atoms with E-state index in [2.05, 4.69) is 5.32 Å². The van der Waals surface area contributed by atoms with Crippen LogP contribution in [0.2, 0.25) is 0 Å². The summed E-state index contributed by atoms with van der Waals surface area (Å²) in [5, 5.41) is 12.6. The molecule has 94 valence electrons. The first-order chi connectivity index (χ1) is 7.43. The number of hydrogen-bond acceptors (Lipinski definition) is 4. The molecule has 0 aromatic carbocycles. The molecule has 16 heavy (non-hydrogen) atoms. The number of ether oxygens (including phenoxy) is 1. The van der Waals surface area contributed by atoms with Crippen molar-refractivity contribution in [1.29, 1.82) is 0 Å². The molecule has 2 atom stereocenters. The molecule has 5 nitrogen and oxygen atoms in total. The first kappa shape index (κ1) is 13.4. The molecule has 5 heteroatoms. The third kappa shape index (κ3) is 4.08. The SMILES string of the molecule is CC(C)CC(N)C(=O)NCC1(O)CCOC1. The summed E-state index contributed by atoms with van der Waals surface area (Å²) in [6, 6.07) is -0.495. The summed E-state index contributed by atoms with van der Waals surface area (Å²) >= 11 is 0. The number of nitrogens with one attached hydrogen (secondary N) is 1. The van der Waals surface area contributed by atoms with Crippen molar-refractivity contribution in [1.82, 2.24) is 5.32 Å². The van der Waals surface area contributed by atoms with Crippen molar-refractivity contribution in [2.24, 2.45) is 11.7 Å². The van der Waals surface area contributed by atoms with Gasteiger partial charge < -0.3 is 20.9 Å². The maximum atomic E-state index is 11.6. The Hall–Kier alpha value is -0.650. The number of aliphatic hydroxyl groups is 1. The third-order valence-electron chi connectivity index (χ3n) is 2.74. The molecule has 2 unspecified atom stereocenters. The van der Waals surface area contributed by atoms with Crippen molar-refractivity contribution in [3.05, 3.63) is 0 Å². The molecule has 0 radical (unpaired) electrons. The molecular weight excluding hydrogens is 208 g/mol. The van der Waals surface area contributed by atoms with Gasteiger partial charge in [0.1, 0.15) is 5.60 Å². The van der Waals surface area contributed by atoms with E-state index in [1.54, 1.807) is 0 Å². The Balaban J connectivity index is 2.28. The standard InChI is InChI=1S/C11H22N2O3/c1-8(2)5-9(12)10(14)13-6-11(15)3-4-16-7-11/h8-9,15H,3-7,12H2,1-2H3,(H,13,14). The minimum absolute atomic E-state index is 0.200. The number of nitrogens with two attached hydrogens (primary N) is 1. The second kappa shape index (κ2) is 5.61. The topological polar surface area (TPSA) is 84.6 Å². The van der Waals surface area contributed by atoms with Crippen LogP contribution in [-0.2, 0) is 9.53 Å². The molecular formula is C11H22N2O3. The fraction of sp³-hybridized carbons (Fsp3) is 0.909. The highest BCUT2D eigenvalue weighted by molar-refractivity contribution is 5.81. The van der Waals surface area contributed by atoms with E-state index in [9.17, 15) is 9.90 Å². The Bertz CT molecular complexity index is 237. The lowest BCUT2D eigenvalue weighted by molar-refractivity contribution is -0.124. The van der Waals surface area contributed by atoms with Crippen LogP contribution in [0.25, 0.3) is 0 Å². The highest BCUT2D eigenvalue weighted by atomic mass is 16.5. The van der Waals surface area contributed by atoms with Gasteiger partial charge in [-0.05, 0) is 12.3 Å². The Morgan fingerprint density at radius 2 is 2.31 bits per heavy atom. The van der Waals surface area contributed by atoms with Crippen LogP contribution >= 0.6 is 0 Å². The van der Waals surface area contributed by atoms with Gasteiger partial charge in [0, 0.05) is 19.6 Å². The van der Waals surface area contributed by atoms with E-state index < -0.39 is 11.6 Å². The van der Waals surface area contributed by atoms with Gasteiger partial charge in [0.05, 0.1) is 12.6 Å². The largest absolute Gasteiger partial charge is 0.386 e. The van der Waals surface area contributed by atoms with Crippen LogP contribution in [0.4, 0.5) is 0 Å². The number of amides is 1. The van der Waals surface area contributed by atoms with Crippen molar-refractivity contribution >= 4 is 5.91 Å². The van der Waals surface area contributed by atoms with E-state index in [1.807, 2.05) is 13.8 Å². The van der Waals surface area contributed by atoms with Crippen molar-refractivity contribution in [2.45, 2.75) is 38.3 Å². The molecule has 0 aliphatic carbocycles. The summed E-state index contributed by atoms with van der Waals surface area (Å²) in [7, 11) is 0. The van der Waals surface area contributed by atoms with Gasteiger partial charge >= 0.3 is 0 Å². The highest BCUT2D eigenvalue weighted by Crippen LogP contribution is 2.16. The molecule has 0 spiro atoms. The molecule has 0 bridgehead atoms. The van der Waals surface area contributed by atoms with E-state index in [-0.39, 0.29) is 19.1 Å². The van der Waals surface area contributed by atoms with Crippen LogP contribution in [0.3, 0.4) is 0 Å². The van der Waals surface area contributed by atoms with Gasteiger partial charge in [-0.3, -0.25) is 4.79 Å². The minimum Gasteiger partial charge on any atom is -0.386 e. The molecule has 1 aliphatic rings. The fourth-order valence-corrected chi connectivity index (χ4v) is 1.73.